The zero-order chi connectivity index (χ0) is 12.1. The van der Waals surface area contributed by atoms with E-state index in [2.05, 4.69) is 6.58 Å². The first-order chi connectivity index (χ1) is 7.58. The second-order valence-electron chi connectivity index (χ2n) is 4.05. The molecule has 1 atom stereocenters. The molecule has 0 aromatic heterocycles. The van der Waals surface area contributed by atoms with Crippen LogP contribution in [-0.2, 0) is 0 Å². The van der Waals surface area contributed by atoms with Crippen molar-refractivity contribution in [2.75, 3.05) is 7.11 Å². The Morgan fingerprint density at radius 1 is 1.50 bits per heavy atom. The number of hydrogen-bond acceptors (Lipinski definition) is 2. The van der Waals surface area contributed by atoms with Crippen LogP contribution in [0.15, 0.2) is 30.4 Å². The number of hydrogen-bond donors (Lipinski definition) is 1. The van der Waals surface area contributed by atoms with E-state index in [0.29, 0.717) is 6.42 Å². The third-order valence-corrected chi connectivity index (χ3v) is 2.80. The van der Waals surface area contributed by atoms with Crippen LogP contribution in [0.2, 0.25) is 0 Å². The fourth-order valence-electron chi connectivity index (χ4n) is 1.58. The molecule has 2 nitrogen and oxygen atoms in total. The minimum absolute atomic E-state index is 0.484. The third-order valence-electron chi connectivity index (χ3n) is 2.80. The van der Waals surface area contributed by atoms with Crippen molar-refractivity contribution >= 4 is 0 Å². The Bertz CT molecular complexity index is 369. The fraction of sp³-hybridized carbons (Fsp3) is 0.429. The van der Waals surface area contributed by atoms with Crippen LogP contribution in [0.25, 0.3) is 0 Å². The number of aryl methyl sites for hydroxylation is 1. The van der Waals surface area contributed by atoms with Gasteiger partial charge in [-0.25, -0.2) is 0 Å². The lowest BCUT2D eigenvalue weighted by atomic mass is 10.00. The standard InChI is InChI=1S/C14H20O2/c1-5-10(2)8-13(15)12-7-6-11(3)14(9-12)16-4/h6-7,9,13,15H,2,5,8H2,1,3-4H3. The van der Waals surface area contributed by atoms with Crippen molar-refractivity contribution in [3.63, 3.8) is 0 Å². The first-order valence-electron chi connectivity index (χ1n) is 5.57. The topological polar surface area (TPSA) is 29.5 Å². The van der Waals surface area contributed by atoms with E-state index in [0.717, 1.165) is 28.9 Å². The van der Waals surface area contributed by atoms with Crippen LogP contribution in [0.1, 0.15) is 37.0 Å². The molecular formula is C14H20O2. The highest BCUT2D eigenvalue weighted by Crippen LogP contribution is 2.26. The molecule has 0 fully saturated rings. The van der Waals surface area contributed by atoms with Crippen LogP contribution < -0.4 is 4.74 Å². The van der Waals surface area contributed by atoms with Gasteiger partial charge < -0.3 is 9.84 Å². The summed E-state index contributed by atoms with van der Waals surface area (Å²) in [6.45, 7) is 7.94. The Kier molecular flexibility index (Phi) is 4.56. The summed E-state index contributed by atoms with van der Waals surface area (Å²) >= 11 is 0. The van der Waals surface area contributed by atoms with Gasteiger partial charge in [-0.3, -0.25) is 0 Å². The summed E-state index contributed by atoms with van der Waals surface area (Å²) in [7, 11) is 1.64. The number of benzene rings is 1. The van der Waals surface area contributed by atoms with E-state index in [-0.39, 0.29) is 0 Å². The van der Waals surface area contributed by atoms with Crippen molar-refractivity contribution in [1.29, 1.82) is 0 Å². The third kappa shape index (κ3) is 3.11. The molecule has 1 N–H and O–H groups in total. The molecule has 0 aliphatic rings. The first kappa shape index (κ1) is 12.8. The number of aliphatic hydroxyl groups excluding tert-OH is 1. The van der Waals surface area contributed by atoms with E-state index in [1.165, 1.54) is 0 Å². The molecule has 1 aromatic rings. The molecule has 0 spiro atoms. The van der Waals surface area contributed by atoms with Gasteiger partial charge in [0.2, 0.25) is 0 Å². The lowest BCUT2D eigenvalue weighted by molar-refractivity contribution is 0.177. The van der Waals surface area contributed by atoms with Crippen LogP contribution in [0, 0.1) is 6.92 Å². The predicted octanol–water partition coefficient (Wildman–Crippen LogP) is 3.39. The van der Waals surface area contributed by atoms with Crippen LogP contribution in [0.3, 0.4) is 0 Å². The Balaban J connectivity index is 2.83. The van der Waals surface area contributed by atoms with Crippen molar-refractivity contribution in [2.24, 2.45) is 0 Å². The Hall–Kier alpha value is -1.28. The number of aliphatic hydroxyl groups is 1. The first-order valence-corrected chi connectivity index (χ1v) is 5.57. The van der Waals surface area contributed by atoms with Crippen molar-refractivity contribution in [1.82, 2.24) is 0 Å². The largest absolute Gasteiger partial charge is 0.496 e. The molecule has 0 aliphatic heterocycles. The minimum atomic E-state index is -0.484. The fourth-order valence-corrected chi connectivity index (χ4v) is 1.58. The normalized spacial score (nSPS) is 12.2. The van der Waals surface area contributed by atoms with Gasteiger partial charge in [0.15, 0.2) is 0 Å². The summed E-state index contributed by atoms with van der Waals surface area (Å²) < 4.78 is 5.23. The SMILES string of the molecule is C=C(CC)CC(O)c1ccc(C)c(OC)c1. The maximum atomic E-state index is 10.0. The molecule has 2 heteroatoms. The monoisotopic (exact) mass is 220 g/mol. The number of rotatable bonds is 5. The summed E-state index contributed by atoms with van der Waals surface area (Å²) in [4.78, 5) is 0. The molecule has 0 heterocycles. The lowest BCUT2D eigenvalue weighted by Gasteiger charge is -2.14. The molecule has 16 heavy (non-hydrogen) atoms. The Labute approximate surface area is 97.6 Å². The molecule has 1 unspecified atom stereocenters. The minimum Gasteiger partial charge on any atom is -0.496 e. The van der Waals surface area contributed by atoms with Gasteiger partial charge in [0.25, 0.3) is 0 Å². The second-order valence-corrected chi connectivity index (χ2v) is 4.05. The van der Waals surface area contributed by atoms with E-state index in [1.807, 2.05) is 32.0 Å². The Morgan fingerprint density at radius 3 is 2.75 bits per heavy atom. The molecule has 1 rings (SSSR count). The molecule has 0 aliphatic carbocycles. The summed E-state index contributed by atoms with van der Waals surface area (Å²) in [5.41, 5.74) is 3.02. The lowest BCUT2D eigenvalue weighted by Crippen LogP contribution is -2.00. The number of methoxy groups -OCH3 is 1. The summed E-state index contributed by atoms with van der Waals surface area (Å²) in [6, 6.07) is 5.79. The van der Waals surface area contributed by atoms with Crippen LogP contribution in [-0.4, -0.2) is 12.2 Å². The van der Waals surface area contributed by atoms with E-state index < -0.39 is 6.10 Å². The highest BCUT2D eigenvalue weighted by Gasteiger charge is 2.10. The van der Waals surface area contributed by atoms with Crippen LogP contribution in [0.4, 0.5) is 0 Å². The maximum absolute atomic E-state index is 10.0. The summed E-state index contributed by atoms with van der Waals surface area (Å²) in [5.74, 6) is 0.818. The molecule has 0 saturated carbocycles. The molecule has 1 aromatic carbocycles. The highest BCUT2D eigenvalue weighted by molar-refractivity contribution is 5.37. The molecule has 0 saturated heterocycles. The quantitative estimate of drug-likeness (QED) is 0.771. The average Bonchev–Trinajstić information content (AvgIpc) is 2.29. The zero-order valence-electron chi connectivity index (χ0n) is 10.3. The van der Waals surface area contributed by atoms with Gasteiger partial charge in [-0.05, 0) is 37.0 Å². The predicted molar refractivity (Wildman–Crippen MR) is 66.7 cm³/mol. The molecular weight excluding hydrogens is 200 g/mol. The van der Waals surface area contributed by atoms with E-state index in [4.69, 9.17) is 4.74 Å². The number of ether oxygens (including phenoxy) is 1. The van der Waals surface area contributed by atoms with Gasteiger partial charge in [0.05, 0.1) is 13.2 Å². The van der Waals surface area contributed by atoms with Gasteiger partial charge in [-0.2, -0.15) is 0 Å². The van der Waals surface area contributed by atoms with Gasteiger partial charge in [-0.1, -0.05) is 31.2 Å². The van der Waals surface area contributed by atoms with Crippen molar-refractivity contribution < 1.29 is 9.84 Å². The molecule has 0 bridgehead atoms. The maximum Gasteiger partial charge on any atom is 0.122 e. The summed E-state index contributed by atoms with van der Waals surface area (Å²) in [5, 5.41) is 10.0. The van der Waals surface area contributed by atoms with Gasteiger partial charge in [0, 0.05) is 0 Å². The molecule has 88 valence electrons. The van der Waals surface area contributed by atoms with Crippen molar-refractivity contribution in [3.8, 4) is 5.75 Å². The zero-order valence-corrected chi connectivity index (χ0v) is 10.3. The smallest absolute Gasteiger partial charge is 0.122 e. The van der Waals surface area contributed by atoms with Gasteiger partial charge in [-0.15, -0.1) is 0 Å². The van der Waals surface area contributed by atoms with Crippen molar-refractivity contribution in [2.45, 2.75) is 32.8 Å². The van der Waals surface area contributed by atoms with Gasteiger partial charge >= 0.3 is 0 Å². The van der Waals surface area contributed by atoms with Crippen molar-refractivity contribution in [3.05, 3.63) is 41.5 Å². The average molecular weight is 220 g/mol. The van der Waals surface area contributed by atoms with Gasteiger partial charge in [0.1, 0.15) is 5.75 Å². The van der Waals surface area contributed by atoms with E-state index in [9.17, 15) is 5.11 Å². The second kappa shape index (κ2) is 5.71. The van der Waals surface area contributed by atoms with Crippen LogP contribution in [0.5, 0.6) is 5.75 Å². The van der Waals surface area contributed by atoms with E-state index >= 15 is 0 Å². The van der Waals surface area contributed by atoms with Crippen LogP contribution >= 0.6 is 0 Å². The van der Waals surface area contributed by atoms with E-state index in [1.54, 1.807) is 7.11 Å². The highest BCUT2D eigenvalue weighted by atomic mass is 16.5. The molecule has 0 amide bonds. The Morgan fingerprint density at radius 2 is 2.19 bits per heavy atom. The molecule has 0 radical (unpaired) electrons. The summed E-state index contributed by atoms with van der Waals surface area (Å²) in [6.07, 6.45) is 1.03.